The molecular formula is C17H27Br. The van der Waals surface area contributed by atoms with Crippen LogP contribution in [0.15, 0.2) is 28.7 Å². The van der Waals surface area contributed by atoms with Crippen molar-refractivity contribution in [3.05, 3.63) is 34.3 Å². The number of unbranched alkanes of at least 4 members (excludes halogenated alkanes) is 2. The van der Waals surface area contributed by atoms with Gasteiger partial charge in [0.05, 0.1) is 0 Å². The van der Waals surface area contributed by atoms with Crippen molar-refractivity contribution in [3.8, 4) is 0 Å². The highest BCUT2D eigenvalue weighted by Gasteiger charge is 2.23. The third-order valence-electron chi connectivity index (χ3n) is 3.81. The lowest BCUT2D eigenvalue weighted by Gasteiger charge is -2.30. The maximum atomic E-state index is 3.51. The van der Waals surface area contributed by atoms with Gasteiger partial charge in [-0.15, -0.1) is 0 Å². The summed E-state index contributed by atoms with van der Waals surface area (Å²) in [5, 5.41) is 0. The van der Waals surface area contributed by atoms with Gasteiger partial charge in [-0.05, 0) is 42.4 Å². The zero-order valence-electron chi connectivity index (χ0n) is 12.1. The Balaban J connectivity index is 2.67. The van der Waals surface area contributed by atoms with E-state index in [2.05, 4.69) is 61.0 Å². The summed E-state index contributed by atoms with van der Waals surface area (Å²) in [5.74, 6) is 0. The highest BCUT2D eigenvalue weighted by molar-refractivity contribution is 9.10. The number of benzene rings is 1. The Hall–Kier alpha value is -0.300. The quantitative estimate of drug-likeness (QED) is 0.522. The average Bonchev–Trinajstić information content (AvgIpc) is 2.37. The predicted octanol–water partition coefficient (Wildman–Crippen LogP) is 6.38. The summed E-state index contributed by atoms with van der Waals surface area (Å²) in [6.07, 6.45) is 9.27. The Morgan fingerprint density at radius 2 is 1.44 bits per heavy atom. The molecule has 0 amide bonds. The zero-order valence-corrected chi connectivity index (χ0v) is 13.7. The second-order valence-electron chi connectivity index (χ2n) is 5.82. The van der Waals surface area contributed by atoms with Crippen molar-refractivity contribution in [3.63, 3.8) is 0 Å². The molecule has 18 heavy (non-hydrogen) atoms. The van der Waals surface area contributed by atoms with Gasteiger partial charge in [0.25, 0.3) is 0 Å². The van der Waals surface area contributed by atoms with Gasteiger partial charge in [0, 0.05) is 4.47 Å². The Morgan fingerprint density at radius 1 is 0.944 bits per heavy atom. The van der Waals surface area contributed by atoms with Gasteiger partial charge in [0.15, 0.2) is 0 Å². The minimum atomic E-state index is 0.486. The van der Waals surface area contributed by atoms with Gasteiger partial charge in [-0.2, -0.15) is 0 Å². The molecule has 1 aromatic rings. The predicted molar refractivity (Wildman–Crippen MR) is 85.0 cm³/mol. The standard InChI is InChI=1S/C17H27Br/c1-4-6-12-17(3,13-7-5-2)14-15-8-10-16(18)11-9-15/h8-11H,4-7,12-14H2,1-3H3. The molecule has 1 rings (SSSR count). The van der Waals surface area contributed by atoms with E-state index in [0.29, 0.717) is 5.41 Å². The van der Waals surface area contributed by atoms with Gasteiger partial charge in [-0.3, -0.25) is 0 Å². The second-order valence-corrected chi connectivity index (χ2v) is 6.74. The van der Waals surface area contributed by atoms with Crippen molar-refractivity contribution in [2.24, 2.45) is 5.41 Å². The Kier molecular flexibility index (Phi) is 6.99. The Morgan fingerprint density at radius 3 is 1.89 bits per heavy atom. The van der Waals surface area contributed by atoms with Crippen LogP contribution in [0.5, 0.6) is 0 Å². The highest BCUT2D eigenvalue weighted by Crippen LogP contribution is 2.34. The van der Waals surface area contributed by atoms with Gasteiger partial charge in [0.1, 0.15) is 0 Å². The minimum Gasteiger partial charge on any atom is -0.0654 e. The van der Waals surface area contributed by atoms with E-state index in [1.807, 2.05) is 0 Å². The maximum Gasteiger partial charge on any atom is 0.0175 e. The topological polar surface area (TPSA) is 0 Å². The van der Waals surface area contributed by atoms with E-state index in [-0.39, 0.29) is 0 Å². The smallest absolute Gasteiger partial charge is 0.0175 e. The van der Waals surface area contributed by atoms with Crippen LogP contribution in [0.4, 0.5) is 0 Å². The van der Waals surface area contributed by atoms with Crippen molar-refractivity contribution in [1.29, 1.82) is 0 Å². The highest BCUT2D eigenvalue weighted by atomic mass is 79.9. The normalized spacial score (nSPS) is 11.8. The molecule has 102 valence electrons. The van der Waals surface area contributed by atoms with Crippen LogP contribution in [0, 0.1) is 5.41 Å². The summed E-state index contributed by atoms with van der Waals surface area (Å²) in [7, 11) is 0. The van der Waals surface area contributed by atoms with Crippen molar-refractivity contribution in [2.45, 2.75) is 65.7 Å². The fourth-order valence-electron chi connectivity index (χ4n) is 2.60. The fourth-order valence-corrected chi connectivity index (χ4v) is 2.87. The molecule has 0 spiro atoms. The molecule has 0 saturated carbocycles. The van der Waals surface area contributed by atoms with E-state index in [1.54, 1.807) is 0 Å². The second kappa shape index (κ2) is 7.99. The van der Waals surface area contributed by atoms with Crippen LogP contribution in [0.1, 0.15) is 64.9 Å². The van der Waals surface area contributed by atoms with E-state index in [9.17, 15) is 0 Å². The third kappa shape index (κ3) is 5.56. The number of rotatable bonds is 8. The fraction of sp³-hybridized carbons (Fsp3) is 0.647. The molecule has 1 aromatic carbocycles. The monoisotopic (exact) mass is 310 g/mol. The first-order chi connectivity index (χ1) is 8.59. The van der Waals surface area contributed by atoms with Crippen LogP contribution in [0.25, 0.3) is 0 Å². The summed E-state index contributed by atoms with van der Waals surface area (Å²) in [6.45, 7) is 7.06. The summed E-state index contributed by atoms with van der Waals surface area (Å²) in [4.78, 5) is 0. The molecule has 0 fully saturated rings. The van der Waals surface area contributed by atoms with Gasteiger partial charge in [0.2, 0.25) is 0 Å². The van der Waals surface area contributed by atoms with Gasteiger partial charge >= 0.3 is 0 Å². The van der Waals surface area contributed by atoms with Gasteiger partial charge in [-0.1, -0.05) is 74.5 Å². The van der Waals surface area contributed by atoms with Crippen LogP contribution >= 0.6 is 15.9 Å². The van der Waals surface area contributed by atoms with Gasteiger partial charge < -0.3 is 0 Å². The molecule has 0 N–H and O–H groups in total. The van der Waals surface area contributed by atoms with Crippen molar-refractivity contribution in [2.75, 3.05) is 0 Å². The van der Waals surface area contributed by atoms with Crippen LogP contribution in [-0.2, 0) is 6.42 Å². The zero-order chi connectivity index (χ0) is 13.4. The lowest BCUT2D eigenvalue weighted by atomic mass is 9.75. The first-order valence-corrected chi connectivity index (χ1v) is 8.13. The van der Waals surface area contributed by atoms with E-state index in [4.69, 9.17) is 0 Å². The van der Waals surface area contributed by atoms with E-state index >= 15 is 0 Å². The molecule has 0 atom stereocenters. The van der Waals surface area contributed by atoms with Crippen molar-refractivity contribution >= 4 is 15.9 Å². The molecular weight excluding hydrogens is 284 g/mol. The minimum absolute atomic E-state index is 0.486. The van der Waals surface area contributed by atoms with Crippen LogP contribution < -0.4 is 0 Å². The Labute approximate surface area is 121 Å². The molecule has 0 heterocycles. The van der Waals surface area contributed by atoms with E-state index in [1.165, 1.54) is 55.0 Å². The molecule has 0 bridgehead atoms. The molecule has 0 aliphatic rings. The maximum absolute atomic E-state index is 3.51. The van der Waals surface area contributed by atoms with Crippen LogP contribution in [0.3, 0.4) is 0 Å². The summed E-state index contributed by atoms with van der Waals surface area (Å²) >= 11 is 3.51. The molecule has 1 heteroatoms. The largest absolute Gasteiger partial charge is 0.0654 e. The summed E-state index contributed by atoms with van der Waals surface area (Å²) in [6, 6.07) is 8.85. The molecule has 0 aliphatic heterocycles. The van der Waals surface area contributed by atoms with Crippen molar-refractivity contribution in [1.82, 2.24) is 0 Å². The lowest BCUT2D eigenvalue weighted by molar-refractivity contribution is 0.254. The molecule has 0 aliphatic carbocycles. The Bertz CT molecular complexity index is 318. The number of hydrogen-bond donors (Lipinski definition) is 0. The molecule has 0 radical (unpaired) electrons. The molecule has 0 unspecified atom stereocenters. The number of halogens is 1. The van der Waals surface area contributed by atoms with Crippen molar-refractivity contribution < 1.29 is 0 Å². The SMILES string of the molecule is CCCCC(C)(CCCC)Cc1ccc(Br)cc1. The summed E-state index contributed by atoms with van der Waals surface area (Å²) < 4.78 is 1.18. The third-order valence-corrected chi connectivity index (χ3v) is 4.34. The molecule has 0 nitrogen and oxygen atoms in total. The van der Waals surface area contributed by atoms with Crippen LogP contribution in [0.2, 0.25) is 0 Å². The van der Waals surface area contributed by atoms with E-state index < -0.39 is 0 Å². The number of hydrogen-bond acceptors (Lipinski definition) is 0. The first kappa shape index (κ1) is 15.8. The summed E-state index contributed by atoms with van der Waals surface area (Å²) in [5.41, 5.74) is 1.97. The van der Waals surface area contributed by atoms with E-state index in [0.717, 1.165) is 0 Å². The lowest BCUT2D eigenvalue weighted by Crippen LogP contribution is -2.19. The molecule has 0 saturated heterocycles. The van der Waals surface area contributed by atoms with Crippen LogP contribution in [-0.4, -0.2) is 0 Å². The average molecular weight is 311 g/mol. The first-order valence-electron chi connectivity index (χ1n) is 7.34. The van der Waals surface area contributed by atoms with Gasteiger partial charge in [-0.25, -0.2) is 0 Å². The molecule has 0 aromatic heterocycles.